The molecule has 0 aliphatic rings. The summed E-state index contributed by atoms with van der Waals surface area (Å²) in [5, 5.41) is 4.10. The van der Waals surface area contributed by atoms with Crippen LogP contribution in [0.2, 0.25) is 0 Å². The highest BCUT2D eigenvalue weighted by atomic mass is 19.4. The monoisotopic (exact) mass is 358 g/mol. The van der Waals surface area contributed by atoms with Crippen LogP contribution in [0, 0.1) is 11.6 Å². The van der Waals surface area contributed by atoms with Crippen LogP contribution >= 0.6 is 0 Å². The molecular formula is C16H11F5N2O2. The Morgan fingerprint density at radius 1 is 0.920 bits per heavy atom. The van der Waals surface area contributed by atoms with E-state index in [-0.39, 0.29) is 5.56 Å². The number of hydrogen-bond donors (Lipinski definition) is 2. The number of nitrogens with one attached hydrogen (secondary N) is 2. The fourth-order valence-electron chi connectivity index (χ4n) is 1.87. The Kier molecular flexibility index (Phi) is 5.35. The van der Waals surface area contributed by atoms with E-state index < -0.39 is 47.4 Å². The van der Waals surface area contributed by atoms with Crippen molar-refractivity contribution in [1.82, 2.24) is 5.32 Å². The van der Waals surface area contributed by atoms with Gasteiger partial charge in [-0.1, -0.05) is 6.07 Å². The Morgan fingerprint density at radius 2 is 1.48 bits per heavy atom. The summed E-state index contributed by atoms with van der Waals surface area (Å²) in [4.78, 5) is 23.4. The second-order valence-electron chi connectivity index (χ2n) is 4.90. The molecule has 0 aromatic heterocycles. The second kappa shape index (κ2) is 7.29. The van der Waals surface area contributed by atoms with Crippen molar-refractivity contribution in [3.05, 3.63) is 65.2 Å². The molecule has 0 heterocycles. The molecule has 0 unspecified atom stereocenters. The van der Waals surface area contributed by atoms with Crippen LogP contribution in [0.3, 0.4) is 0 Å². The number of rotatable bonds is 4. The van der Waals surface area contributed by atoms with Gasteiger partial charge in [0.05, 0.1) is 12.1 Å². The van der Waals surface area contributed by atoms with Crippen LogP contribution in [0.5, 0.6) is 0 Å². The van der Waals surface area contributed by atoms with Crippen LogP contribution in [0.15, 0.2) is 42.5 Å². The zero-order chi connectivity index (χ0) is 18.6. The van der Waals surface area contributed by atoms with E-state index in [1.807, 2.05) is 5.32 Å². The van der Waals surface area contributed by atoms with Gasteiger partial charge in [-0.25, -0.2) is 8.78 Å². The zero-order valence-corrected chi connectivity index (χ0v) is 12.5. The lowest BCUT2D eigenvalue weighted by Gasteiger charge is -2.09. The highest BCUT2D eigenvalue weighted by molar-refractivity contribution is 5.99. The number of carbonyl (C=O) groups is 2. The Balaban J connectivity index is 1.94. The minimum absolute atomic E-state index is 0.0992. The van der Waals surface area contributed by atoms with E-state index in [1.54, 1.807) is 0 Å². The molecule has 2 amide bonds. The molecule has 2 aromatic carbocycles. The first kappa shape index (κ1) is 18.4. The summed E-state index contributed by atoms with van der Waals surface area (Å²) in [6.45, 7) is -0.617. The maximum absolute atomic E-state index is 13.4. The van der Waals surface area contributed by atoms with Gasteiger partial charge in [0, 0.05) is 5.56 Å². The summed E-state index contributed by atoms with van der Waals surface area (Å²) in [6, 6.07) is 6.36. The molecule has 25 heavy (non-hydrogen) atoms. The largest absolute Gasteiger partial charge is 0.416 e. The van der Waals surface area contributed by atoms with Gasteiger partial charge in [-0.3, -0.25) is 9.59 Å². The Morgan fingerprint density at radius 3 is 2.00 bits per heavy atom. The molecule has 0 spiro atoms. The standard InChI is InChI=1S/C16H11F5N2O2/c17-11-2-1-3-12(18)14(11)23-13(24)8-22-15(25)9-4-6-10(7-5-9)16(19,20)21/h1-7H,8H2,(H,22,25)(H,23,24). The Labute approximate surface area is 138 Å². The van der Waals surface area contributed by atoms with Crippen LogP contribution in [0.1, 0.15) is 15.9 Å². The fraction of sp³-hybridized carbons (Fsp3) is 0.125. The first-order valence-corrected chi connectivity index (χ1v) is 6.88. The number of halogens is 5. The molecule has 2 N–H and O–H groups in total. The molecule has 0 aliphatic carbocycles. The van der Waals surface area contributed by atoms with Crippen molar-refractivity contribution in [3.63, 3.8) is 0 Å². The number of carbonyl (C=O) groups excluding carboxylic acids is 2. The summed E-state index contributed by atoms with van der Waals surface area (Å²) < 4.78 is 64.0. The van der Waals surface area contributed by atoms with Crippen molar-refractivity contribution in [2.45, 2.75) is 6.18 Å². The lowest BCUT2D eigenvalue weighted by atomic mass is 10.1. The predicted octanol–water partition coefficient (Wildman–Crippen LogP) is 3.35. The third-order valence-electron chi connectivity index (χ3n) is 3.11. The number of amides is 2. The molecule has 2 aromatic rings. The van der Waals surface area contributed by atoms with E-state index >= 15 is 0 Å². The van der Waals surface area contributed by atoms with E-state index in [2.05, 4.69) is 5.32 Å². The average Bonchev–Trinajstić information content (AvgIpc) is 2.55. The summed E-state index contributed by atoms with van der Waals surface area (Å²) in [7, 11) is 0. The highest BCUT2D eigenvalue weighted by Crippen LogP contribution is 2.29. The smallest absolute Gasteiger partial charge is 0.343 e. The van der Waals surface area contributed by atoms with Gasteiger partial charge in [0.25, 0.3) is 5.91 Å². The maximum Gasteiger partial charge on any atom is 0.416 e. The first-order valence-electron chi connectivity index (χ1n) is 6.88. The van der Waals surface area contributed by atoms with Crippen LogP contribution in [0.4, 0.5) is 27.6 Å². The molecule has 0 radical (unpaired) electrons. The molecule has 0 atom stereocenters. The number of hydrogen-bond acceptors (Lipinski definition) is 2. The third-order valence-corrected chi connectivity index (χ3v) is 3.11. The van der Waals surface area contributed by atoms with E-state index in [0.29, 0.717) is 0 Å². The van der Waals surface area contributed by atoms with Gasteiger partial charge < -0.3 is 10.6 Å². The van der Waals surface area contributed by atoms with Crippen LogP contribution < -0.4 is 10.6 Å². The molecular weight excluding hydrogens is 347 g/mol. The molecule has 4 nitrogen and oxygen atoms in total. The molecule has 132 valence electrons. The minimum Gasteiger partial charge on any atom is -0.343 e. The molecule has 0 aliphatic heterocycles. The second-order valence-corrected chi connectivity index (χ2v) is 4.90. The van der Waals surface area contributed by atoms with Crippen molar-refractivity contribution in [1.29, 1.82) is 0 Å². The van der Waals surface area contributed by atoms with Crippen molar-refractivity contribution in [2.75, 3.05) is 11.9 Å². The number of para-hydroxylation sites is 1. The van der Waals surface area contributed by atoms with E-state index in [4.69, 9.17) is 0 Å². The average molecular weight is 358 g/mol. The van der Waals surface area contributed by atoms with Gasteiger partial charge in [0.15, 0.2) is 0 Å². The summed E-state index contributed by atoms with van der Waals surface area (Å²) in [6.07, 6.45) is -4.53. The first-order chi connectivity index (χ1) is 11.7. The van der Waals surface area contributed by atoms with Crippen LogP contribution in [0.25, 0.3) is 0 Å². The van der Waals surface area contributed by atoms with Gasteiger partial charge >= 0.3 is 6.18 Å². The zero-order valence-electron chi connectivity index (χ0n) is 12.5. The Hall–Kier alpha value is -2.97. The van der Waals surface area contributed by atoms with Gasteiger partial charge in [-0.2, -0.15) is 13.2 Å². The summed E-state index contributed by atoms with van der Waals surface area (Å²) in [5.74, 6) is -3.67. The number of anilines is 1. The van der Waals surface area contributed by atoms with Crippen molar-refractivity contribution in [3.8, 4) is 0 Å². The van der Waals surface area contributed by atoms with E-state index in [9.17, 15) is 31.5 Å². The molecule has 9 heteroatoms. The van der Waals surface area contributed by atoms with Crippen LogP contribution in [-0.4, -0.2) is 18.4 Å². The van der Waals surface area contributed by atoms with E-state index in [1.165, 1.54) is 0 Å². The number of benzene rings is 2. The van der Waals surface area contributed by atoms with Crippen molar-refractivity contribution < 1.29 is 31.5 Å². The minimum atomic E-state index is -4.53. The molecule has 0 bridgehead atoms. The molecule has 0 fully saturated rings. The number of alkyl halides is 3. The van der Waals surface area contributed by atoms with Gasteiger partial charge in [0.2, 0.25) is 5.91 Å². The van der Waals surface area contributed by atoms with Gasteiger partial charge in [0.1, 0.15) is 17.3 Å². The lowest BCUT2D eigenvalue weighted by molar-refractivity contribution is -0.137. The fourth-order valence-corrected chi connectivity index (χ4v) is 1.87. The van der Waals surface area contributed by atoms with Crippen LogP contribution in [-0.2, 0) is 11.0 Å². The topological polar surface area (TPSA) is 58.2 Å². The molecule has 0 saturated carbocycles. The summed E-state index contributed by atoms with van der Waals surface area (Å²) >= 11 is 0. The quantitative estimate of drug-likeness (QED) is 0.824. The Bertz CT molecular complexity index is 768. The molecule has 0 saturated heterocycles. The summed E-state index contributed by atoms with van der Waals surface area (Å²) in [5.41, 5.74) is -1.68. The third kappa shape index (κ3) is 4.75. The van der Waals surface area contributed by atoms with Gasteiger partial charge in [-0.15, -0.1) is 0 Å². The van der Waals surface area contributed by atoms with Crippen molar-refractivity contribution >= 4 is 17.5 Å². The predicted molar refractivity (Wildman–Crippen MR) is 78.8 cm³/mol. The SMILES string of the molecule is O=C(CNC(=O)c1ccc(C(F)(F)F)cc1)Nc1c(F)cccc1F. The maximum atomic E-state index is 13.4. The normalized spacial score (nSPS) is 11.1. The molecule has 2 rings (SSSR count). The highest BCUT2D eigenvalue weighted by Gasteiger charge is 2.30. The lowest BCUT2D eigenvalue weighted by Crippen LogP contribution is -2.33. The van der Waals surface area contributed by atoms with E-state index in [0.717, 1.165) is 42.5 Å². The van der Waals surface area contributed by atoms with Gasteiger partial charge in [-0.05, 0) is 36.4 Å². The van der Waals surface area contributed by atoms with Crippen molar-refractivity contribution in [2.24, 2.45) is 0 Å².